The Balaban J connectivity index is 2.36. The van der Waals surface area contributed by atoms with Crippen LogP contribution in [0.25, 0.3) is 11.0 Å². The quantitative estimate of drug-likeness (QED) is 0.914. The van der Waals surface area contributed by atoms with E-state index in [2.05, 4.69) is 29.8 Å². The van der Waals surface area contributed by atoms with Crippen LogP contribution in [0.1, 0.15) is 32.1 Å². The fraction of sp³-hybridized carbons (Fsp3) is 0.385. The van der Waals surface area contributed by atoms with Gasteiger partial charge in [0.15, 0.2) is 0 Å². The predicted molar refractivity (Wildman–Crippen MR) is 70.3 cm³/mol. The summed E-state index contributed by atoms with van der Waals surface area (Å²) in [5.41, 5.74) is 6.99. The minimum atomic E-state index is -0.0145. The Morgan fingerprint density at radius 2 is 2.12 bits per heavy atom. The van der Waals surface area contributed by atoms with Gasteiger partial charge in [0.25, 0.3) is 0 Å². The molecule has 0 amide bonds. The summed E-state index contributed by atoms with van der Waals surface area (Å²) in [5.74, 6) is 1.45. The smallest absolute Gasteiger partial charge is 0.148 e. The summed E-state index contributed by atoms with van der Waals surface area (Å²) in [6.07, 6.45) is 0.942. The minimum absolute atomic E-state index is 0.0145. The van der Waals surface area contributed by atoms with Crippen LogP contribution in [0.5, 0.6) is 0 Å². The predicted octanol–water partition coefficient (Wildman–Crippen LogP) is 4.24. The maximum Gasteiger partial charge on any atom is 0.148 e. The van der Waals surface area contributed by atoms with E-state index in [9.17, 15) is 0 Å². The molecule has 0 bridgehead atoms. The summed E-state index contributed by atoms with van der Waals surface area (Å²) >= 11 is 3.48. The molecule has 1 heterocycles. The summed E-state index contributed by atoms with van der Waals surface area (Å²) in [6.45, 7) is 4.33. The Bertz CT molecular complexity index is 490. The maximum atomic E-state index is 6.10. The number of para-hydroxylation sites is 1. The lowest BCUT2D eigenvalue weighted by atomic mass is 10.0. The lowest BCUT2D eigenvalue weighted by Gasteiger charge is -2.10. The Labute approximate surface area is 104 Å². The van der Waals surface area contributed by atoms with Crippen LogP contribution in [0.15, 0.2) is 33.2 Å². The fourth-order valence-electron chi connectivity index (χ4n) is 1.85. The monoisotopic (exact) mass is 281 g/mol. The van der Waals surface area contributed by atoms with Gasteiger partial charge in [0, 0.05) is 5.39 Å². The number of halogens is 1. The van der Waals surface area contributed by atoms with Gasteiger partial charge in [0.05, 0.1) is 10.5 Å². The first-order chi connectivity index (χ1) is 7.58. The van der Waals surface area contributed by atoms with Crippen LogP contribution < -0.4 is 5.73 Å². The molecule has 1 atom stereocenters. The van der Waals surface area contributed by atoms with Gasteiger partial charge in [-0.05, 0) is 40.4 Å². The van der Waals surface area contributed by atoms with Crippen LogP contribution in [0, 0.1) is 5.92 Å². The van der Waals surface area contributed by atoms with E-state index in [4.69, 9.17) is 10.2 Å². The van der Waals surface area contributed by atoms with E-state index >= 15 is 0 Å². The van der Waals surface area contributed by atoms with E-state index in [0.29, 0.717) is 5.92 Å². The first-order valence-corrected chi connectivity index (χ1v) is 6.30. The van der Waals surface area contributed by atoms with Crippen molar-refractivity contribution in [3.63, 3.8) is 0 Å². The van der Waals surface area contributed by atoms with Crippen molar-refractivity contribution < 1.29 is 4.42 Å². The van der Waals surface area contributed by atoms with Gasteiger partial charge in [-0.3, -0.25) is 0 Å². The van der Waals surface area contributed by atoms with Gasteiger partial charge in [-0.15, -0.1) is 0 Å². The average molecular weight is 282 g/mol. The van der Waals surface area contributed by atoms with Gasteiger partial charge in [-0.25, -0.2) is 0 Å². The van der Waals surface area contributed by atoms with Crippen molar-refractivity contribution in [3.05, 3.63) is 34.5 Å². The van der Waals surface area contributed by atoms with E-state index in [-0.39, 0.29) is 6.04 Å². The van der Waals surface area contributed by atoms with Crippen molar-refractivity contribution in [2.45, 2.75) is 26.3 Å². The summed E-state index contributed by atoms with van der Waals surface area (Å²) in [4.78, 5) is 0. The van der Waals surface area contributed by atoms with Gasteiger partial charge >= 0.3 is 0 Å². The van der Waals surface area contributed by atoms with Crippen molar-refractivity contribution in [1.29, 1.82) is 0 Å². The maximum absolute atomic E-state index is 6.10. The lowest BCUT2D eigenvalue weighted by molar-refractivity contribution is 0.431. The number of furan rings is 1. The third-order valence-corrected chi connectivity index (χ3v) is 3.23. The SMILES string of the molecule is CC(C)CC(N)c1cc2cccc(Br)c2o1. The van der Waals surface area contributed by atoms with E-state index in [1.165, 1.54) is 0 Å². The lowest BCUT2D eigenvalue weighted by Crippen LogP contribution is -2.11. The number of rotatable bonds is 3. The van der Waals surface area contributed by atoms with Crippen LogP contribution in [0.2, 0.25) is 0 Å². The second kappa shape index (κ2) is 4.60. The van der Waals surface area contributed by atoms with Crippen LogP contribution in [0.3, 0.4) is 0 Å². The summed E-state index contributed by atoms with van der Waals surface area (Å²) in [7, 11) is 0. The summed E-state index contributed by atoms with van der Waals surface area (Å²) in [6, 6.07) is 8.03. The molecular weight excluding hydrogens is 266 g/mol. The Morgan fingerprint density at radius 3 is 2.75 bits per heavy atom. The number of hydrogen-bond donors (Lipinski definition) is 1. The third-order valence-electron chi connectivity index (χ3n) is 2.61. The highest BCUT2D eigenvalue weighted by molar-refractivity contribution is 9.10. The molecule has 2 nitrogen and oxygen atoms in total. The molecule has 0 aliphatic carbocycles. The molecule has 3 heteroatoms. The summed E-state index contributed by atoms with van der Waals surface area (Å²) in [5, 5.41) is 1.10. The van der Waals surface area contributed by atoms with E-state index in [0.717, 1.165) is 27.6 Å². The van der Waals surface area contributed by atoms with Crippen LogP contribution in [0.4, 0.5) is 0 Å². The van der Waals surface area contributed by atoms with Crippen molar-refractivity contribution in [2.24, 2.45) is 11.7 Å². The van der Waals surface area contributed by atoms with Crippen LogP contribution >= 0.6 is 15.9 Å². The second-order valence-electron chi connectivity index (χ2n) is 4.54. The minimum Gasteiger partial charge on any atom is -0.458 e. The standard InChI is InChI=1S/C13H16BrNO/c1-8(2)6-11(15)12-7-9-4-3-5-10(14)13(9)16-12/h3-5,7-8,11H,6,15H2,1-2H3. The van der Waals surface area contributed by atoms with Crippen molar-refractivity contribution in [3.8, 4) is 0 Å². The molecule has 2 N–H and O–H groups in total. The summed E-state index contributed by atoms with van der Waals surface area (Å²) < 4.78 is 6.77. The topological polar surface area (TPSA) is 39.2 Å². The molecule has 0 fully saturated rings. The van der Waals surface area contributed by atoms with Gasteiger partial charge in [0.2, 0.25) is 0 Å². The van der Waals surface area contributed by atoms with E-state index in [1.807, 2.05) is 24.3 Å². The normalized spacial score (nSPS) is 13.6. The first kappa shape index (κ1) is 11.7. The van der Waals surface area contributed by atoms with Crippen molar-refractivity contribution in [2.75, 3.05) is 0 Å². The molecule has 0 aliphatic heterocycles. The first-order valence-electron chi connectivity index (χ1n) is 5.51. The zero-order chi connectivity index (χ0) is 11.7. The molecule has 16 heavy (non-hydrogen) atoms. The highest BCUT2D eigenvalue weighted by Crippen LogP contribution is 2.30. The number of benzene rings is 1. The van der Waals surface area contributed by atoms with E-state index in [1.54, 1.807) is 0 Å². The Kier molecular flexibility index (Phi) is 3.36. The molecule has 0 saturated heterocycles. The van der Waals surface area contributed by atoms with Gasteiger partial charge in [-0.2, -0.15) is 0 Å². The molecule has 2 aromatic rings. The van der Waals surface area contributed by atoms with Crippen LogP contribution in [-0.2, 0) is 0 Å². The third kappa shape index (κ3) is 2.30. The van der Waals surface area contributed by atoms with Crippen molar-refractivity contribution >= 4 is 26.9 Å². The van der Waals surface area contributed by atoms with Crippen molar-refractivity contribution in [1.82, 2.24) is 0 Å². The molecule has 1 unspecified atom stereocenters. The number of nitrogens with two attached hydrogens (primary N) is 1. The Hall–Kier alpha value is -0.800. The number of hydrogen-bond acceptors (Lipinski definition) is 2. The van der Waals surface area contributed by atoms with Gasteiger partial charge in [0.1, 0.15) is 11.3 Å². The average Bonchev–Trinajstić information content (AvgIpc) is 2.61. The van der Waals surface area contributed by atoms with Crippen LogP contribution in [-0.4, -0.2) is 0 Å². The highest BCUT2D eigenvalue weighted by atomic mass is 79.9. The zero-order valence-corrected chi connectivity index (χ0v) is 11.1. The van der Waals surface area contributed by atoms with E-state index < -0.39 is 0 Å². The zero-order valence-electron chi connectivity index (χ0n) is 9.53. The molecule has 1 aromatic carbocycles. The second-order valence-corrected chi connectivity index (χ2v) is 5.40. The molecule has 1 aromatic heterocycles. The molecule has 0 aliphatic rings. The molecule has 2 rings (SSSR count). The highest BCUT2D eigenvalue weighted by Gasteiger charge is 2.14. The Morgan fingerprint density at radius 1 is 1.38 bits per heavy atom. The number of fused-ring (bicyclic) bond motifs is 1. The fourth-order valence-corrected chi connectivity index (χ4v) is 2.32. The molecule has 0 radical (unpaired) electrons. The molecular formula is C13H16BrNO. The molecule has 0 spiro atoms. The molecule has 0 saturated carbocycles. The van der Waals surface area contributed by atoms with Gasteiger partial charge < -0.3 is 10.2 Å². The van der Waals surface area contributed by atoms with Gasteiger partial charge in [-0.1, -0.05) is 26.0 Å². The molecule has 86 valence electrons. The largest absolute Gasteiger partial charge is 0.458 e.